The van der Waals surface area contributed by atoms with Gasteiger partial charge in [0, 0.05) is 70.2 Å². The minimum atomic E-state index is -4.70. The van der Waals surface area contributed by atoms with Gasteiger partial charge in [-0.3, -0.25) is 24.0 Å². The Balaban J connectivity index is 0.872. The van der Waals surface area contributed by atoms with Crippen LogP contribution in [0.2, 0.25) is 0 Å². The summed E-state index contributed by atoms with van der Waals surface area (Å²) in [5.74, 6) is 0.00385. The van der Waals surface area contributed by atoms with Gasteiger partial charge in [0.25, 0.3) is 0 Å². The van der Waals surface area contributed by atoms with Crippen molar-refractivity contribution in [1.82, 2.24) is 43.2 Å². The molecule has 2 amide bonds. The molecule has 3 fully saturated rings. The molecule has 0 aliphatic carbocycles. The van der Waals surface area contributed by atoms with E-state index in [2.05, 4.69) is 42.4 Å². The quantitative estimate of drug-likeness (QED) is 0.151. The summed E-state index contributed by atoms with van der Waals surface area (Å²) >= 11 is 0. The van der Waals surface area contributed by atoms with Crippen LogP contribution < -0.4 is 21.2 Å². The highest BCUT2D eigenvalue weighted by Crippen LogP contribution is 2.38. The number of alkyl halides is 3. The smallest absolute Gasteiger partial charge is 0.370 e. The highest BCUT2D eigenvalue weighted by atomic mass is 32.2. The summed E-state index contributed by atoms with van der Waals surface area (Å²) in [6, 6.07) is 9.80. The number of halogens is 3. The molecule has 1 atom stereocenters. The van der Waals surface area contributed by atoms with Crippen LogP contribution >= 0.6 is 0 Å². The molecule has 20 heteroatoms. The number of hydrogen-bond donors (Lipinski definition) is 2. The van der Waals surface area contributed by atoms with Gasteiger partial charge in [-0.25, -0.2) is 28.2 Å². The first kappa shape index (κ1) is 45.0. The zero-order valence-corrected chi connectivity index (χ0v) is 37.6. The Morgan fingerprint density at radius 3 is 2.33 bits per heavy atom. The van der Waals surface area contributed by atoms with Crippen LogP contribution in [0.25, 0.3) is 22.4 Å². The number of carbonyl (C=O) groups is 2. The largest absolute Gasteiger partial charge is 0.420 e. The van der Waals surface area contributed by atoms with E-state index >= 15 is 0 Å². The van der Waals surface area contributed by atoms with Crippen molar-refractivity contribution in [2.45, 2.75) is 95.4 Å². The van der Waals surface area contributed by atoms with E-state index in [1.54, 1.807) is 42.2 Å². The number of piperidine rings is 3. The van der Waals surface area contributed by atoms with Crippen molar-refractivity contribution in [3.8, 4) is 11.4 Å². The number of nitrogens with one attached hydrogen (secondary N) is 2. The molecule has 2 aromatic carbocycles. The van der Waals surface area contributed by atoms with Crippen LogP contribution in [0.5, 0.6) is 0 Å². The van der Waals surface area contributed by atoms with Gasteiger partial charge in [-0.05, 0) is 109 Å². The summed E-state index contributed by atoms with van der Waals surface area (Å²) in [4.78, 5) is 55.3. The normalized spacial score (nSPS) is 18.7. The van der Waals surface area contributed by atoms with Crippen LogP contribution in [-0.2, 0) is 32.8 Å². The van der Waals surface area contributed by atoms with Gasteiger partial charge in [0.05, 0.1) is 33.5 Å². The van der Waals surface area contributed by atoms with E-state index in [9.17, 15) is 36.0 Å². The first-order valence-electron chi connectivity index (χ1n) is 21.7. The molecule has 8 rings (SSSR count). The molecule has 0 saturated carbocycles. The lowest BCUT2D eigenvalue weighted by Gasteiger charge is -2.40. The van der Waals surface area contributed by atoms with Crippen molar-refractivity contribution in [3.05, 3.63) is 76.2 Å². The fourth-order valence-corrected chi connectivity index (χ4v) is 11.2. The number of aromatic nitrogens is 6. The third-order valence-electron chi connectivity index (χ3n) is 13.1. The molecule has 64 heavy (non-hydrogen) atoms. The molecular weight excluding hydrogens is 852 g/mol. The molecule has 3 saturated heterocycles. The summed E-state index contributed by atoms with van der Waals surface area (Å²) in [7, 11) is 0.0252. The molecule has 0 spiro atoms. The lowest BCUT2D eigenvalue weighted by molar-refractivity contribution is -0.138. The summed E-state index contributed by atoms with van der Waals surface area (Å²) in [5.41, 5.74) is 2.00. The number of anilines is 3. The number of carbonyl (C=O) groups excluding carboxylic acids is 2. The first-order valence-corrected chi connectivity index (χ1v) is 23.1. The van der Waals surface area contributed by atoms with Gasteiger partial charge < -0.3 is 19.7 Å². The van der Waals surface area contributed by atoms with Gasteiger partial charge in [-0.1, -0.05) is 6.07 Å². The Kier molecular flexibility index (Phi) is 12.2. The van der Waals surface area contributed by atoms with Gasteiger partial charge >= 0.3 is 11.9 Å². The first-order chi connectivity index (χ1) is 30.3. The highest BCUT2D eigenvalue weighted by Gasteiger charge is 2.38. The molecule has 3 aliphatic heterocycles. The summed E-state index contributed by atoms with van der Waals surface area (Å²) in [5, 5.41) is 5.36. The molecular formula is C44H54F3N11O5S. The summed E-state index contributed by atoms with van der Waals surface area (Å²) < 4.78 is 76.4. The number of benzene rings is 2. The summed E-state index contributed by atoms with van der Waals surface area (Å²) in [6.07, 6.45) is 1.10. The van der Waals surface area contributed by atoms with Gasteiger partial charge in [-0.15, -0.1) is 0 Å². The number of imidazole rings is 2. The van der Waals surface area contributed by atoms with Crippen molar-refractivity contribution < 1.29 is 31.2 Å². The van der Waals surface area contributed by atoms with E-state index in [-0.39, 0.29) is 52.7 Å². The highest BCUT2D eigenvalue weighted by molar-refractivity contribution is 7.89. The van der Waals surface area contributed by atoms with Gasteiger partial charge in [-0.2, -0.15) is 17.5 Å². The molecule has 2 N–H and O–H groups in total. The number of amides is 2. The Bertz CT molecular complexity index is 2770. The summed E-state index contributed by atoms with van der Waals surface area (Å²) in [6.45, 7) is 10.3. The van der Waals surface area contributed by atoms with E-state index in [0.717, 1.165) is 49.9 Å². The average molecular weight is 906 g/mol. The molecule has 16 nitrogen and oxygen atoms in total. The monoisotopic (exact) mass is 905 g/mol. The van der Waals surface area contributed by atoms with E-state index in [1.807, 2.05) is 32.0 Å². The maximum absolute atomic E-state index is 14.1. The molecule has 342 valence electrons. The minimum Gasteiger partial charge on any atom is -0.370 e. The van der Waals surface area contributed by atoms with Crippen molar-refractivity contribution in [3.63, 3.8) is 0 Å². The maximum atomic E-state index is 14.1. The predicted molar refractivity (Wildman–Crippen MR) is 236 cm³/mol. The predicted octanol–water partition coefficient (Wildman–Crippen LogP) is 5.93. The second kappa shape index (κ2) is 17.4. The average Bonchev–Trinajstić information content (AvgIpc) is 3.77. The van der Waals surface area contributed by atoms with E-state index in [1.165, 1.54) is 21.1 Å². The number of sulfonamides is 1. The van der Waals surface area contributed by atoms with Crippen LogP contribution in [-0.4, -0.2) is 104 Å². The standard InChI is InChI=1S/C44H54F3N11O5S/c1-26(2)57-28(4)48-24-37(57)39-32(44(45,46)47)23-49-42(52-39)50-33-11-10-31(22-27(33)3)64(62,63)56-20-14-29(15-21-56)25-53(5)30-16-18-55(19-17-30)34-8-7-9-35-40(34)54(6)43(61)58(35)36-12-13-38(59)51-41(36)60/h7-11,22-24,26,29-30,36H,12-21,25H2,1-6H3,(H,49,50,52)(H,51,59,60). The van der Waals surface area contributed by atoms with E-state index in [0.29, 0.717) is 60.5 Å². The molecule has 5 aromatic rings. The Morgan fingerprint density at radius 1 is 0.953 bits per heavy atom. The molecule has 1 unspecified atom stereocenters. The van der Waals surface area contributed by atoms with Crippen molar-refractivity contribution >= 4 is 50.2 Å². The Hall–Kier alpha value is -5.60. The number of para-hydroxylation sites is 1. The van der Waals surface area contributed by atoms with Crippen molar-refractivity contribution in [2.75, 3.05) is 50.0 Å². The van der Waals surface area contributed by atoms with Crippen LogP contribution in [0, 0.1) is 19.8 Å². The zero-order valence-electron chi connectivity index (χ0n) is 36.8. The maximum Gasteiger partial charge on any atom is 0.420 e. The second-order valence-electron chi connectivity index (χ2n) is 17.5. The number of hydrogen-bond acceptors (Lipinski definition) is 11. The van der Waals surface area contributed by atoms with Crippen molar-refractivity contribution in [2.24, 2.45) is 13.0 Å². The van der Waals surface area contributed by atoms with Crippen LogP contribution in [0.4, 0.5) is 30.5 Å². The number of fused-ring (bicyclic) bond motifs is 1. The number of imide groups is 1. The van der Waals surface area contributed by atoms with E-state index in [4.69, 9.17) is 0 Å². The minimum absolute atomic E-state index is 0.0709. The fraction of sp³-hybridized carbons (Fsp3) is 0.500. The SMILES string of the molecule is Cc1cc(S(=O)(=O)N2CCC(CN(C)C3CCN(c4cccc5c4n(C)c(=O)n5C4CCC(=O)NC4=O)CC3)CC2)ccc1Nc1ncc(C(F)(F)F)c(-c2cnc(C)n2C(C)C)n1. The van der Waals surface area contributed by atoms with E-state index < -0.39 is 33.7 Å². The third kappa shape index (κ3) is 8.54. The molecule has 3 aromatic heterocycles. The topological polar surface area (TPSA) is 173 Å². The van der Waals surface area contributed by atoms with Crippen LogP contribution in [0.15, 0.2) is 58.5 Å². The second-order valence-corrected chi connectivity index (χ2v) is 19.5. The lowest BCUT2D eigenvalue weighted by Crippen LogP contribution is -2.46. The molecule has 0 radical (unpaired) electrons. The molecule has 0 bridgehead atoms. The molecule has 3 aliphatic rings. The number of aryl methyl sites for hydroxylation is 3. The van der Waals surface area contributed by atoms with Gasteiger partial charge in [0.1, 0.15) is 23.1 Å². The fourth-order valence-electron chi connectivity index (χ4n) is 9.67. The number of nitrogens with zero attached hydrogens (tertiary/aromatic N) is 9. The Labute approximate surface area is 369 Å². The lowest BCUT2D eigenvalue weighted by atomic mass is 9.95. The van der Waals surface area contributed by atoms with Crippen LogP contribution in [0.1, 0.15) is 81.4 Å². The van der Waals surface area contributed by atoms with Crippen molar-refractivity contribution in [1.29, 1.82) is 0 Å². The molecule has 6 heterocycles. The third-order valence-corrected chi connectivity index (χ3v) is 15.0. The van der Waals surface area contributed by atoms with Gasteiger partial charge in [0.2, 0.25) is 27.8 Å². The van der Waals surface area contributed by atoms with Gasteiger partial charge in [0.15, 0.2) is 0 Å². The Morgan fingerprint density at radius 2 is 1.67 bits per heavy atom. The zero-order chi connectivity index (χ0) is 45.8. The van der Waals surface area contributed by atoms with Crippen LogP contribution in [0.3, 0.4) is 0 Å². The number of rotatable bonds is 11.